The molecule has 0 radical (unpaired) electrons. The van der Waals surface area contributed by atoms with E-state index in [9.17, 15) is 4.79 Å². The van der Waals surface area contributed by atoms with Crippen molar-refractivity contribution in [3.63, 3.8) is 0 Å². The largest absolute Gasteiger partial charge is 0.383 e. The van der Waals surface area contributed by atoms with E-state index in [0.29, 0.717) is 13.2 Å². The number of methoxy groups -OCH3 is 1. The first kappa shape index (κ1) is 15.5. The van der Waals surface area contributed by atoms with Gasteiger partial charge in [-0.25, -0.2) is 0 Å². The average Bonchev–Trinajstić information content (AvgIpc) is 2.36. The molecule has 0 aliphatic carbocycles. The van der Waals surface area contributed by atoms with Gasteiger partial charge in [0.15, 0.2) is 0 Å². The highest BCUT2D eigenvalue weighted by molar-refractivity contribution is 5.81. The van der Waals surface area contributed by atoms with Crippen LogP contribution in [0.3, 0.4) is 0 Å². The van der Waals surface area contributed by atoms with E-state index in [-0.39, 0.29) is 17.9 Å². The zero-order chi connectivity index (χ0) is 14.3. The fourth-order valence-corrected chi connectivity index (χ4v) is 1.82. The number of ether oxygens (including phenoxy) is 1. The number of carbonyl (C=O) groups excluding carboxylic acids is 1. The van der Waals surface area contributed by atoms with Crippen LogP contribution in [0.15, 0.2) is 24.3 Å². The Hall–Kier alpha value is -1.55. The Morgan fingerprint density at radius 1 is 1.26 bits per heavy atom. The maximum atomic E-state index is 11.6. The summed E-state index contributed by atoms with van der Waals surface area (Å²) in [6.45, 7) is 7.82. The van der Waals surface area contributed by atoms with Gasteiger partial charge in [0.1, 0.15) is 0 Å². The zero-order valence-corrected chi connectivity index (χ0v) is 12.2. The standard InChI is InChI=1S/C15H24N2O2/c1-15(2,3)12-7-5-6-8-13(12)17-11-14(18)16-9-10-19-4/h5-8,17H,9-11H2,1-4H3,(H,16,18). The van der Waals surface area contributed by atoms with E-state index in [0.717, 1.165) is 5.69 Å². The van der Waals surface area contributed by atoms with Crippen molar-refractivity contribution in [2.24, 2.45) is 0 Å². The quantitative estimate of drug-likeness (QED) is 0.774. The normalized spacial score (nSPS) is 11.2. The zero-order valence-electron chi connectivity index (χ0n) is 12.2. The van der Waals surface area contributed by atoms with Gasteiger partial charge in [-0.15, -0.1) is 0 Å². The molecule has 106 valence electrons. The molecule has 0 saturated heterocycles. The number of anilines is 1. The summed E-state index contributed by atoms with van der Waals surface area (Å²) in [5.41, 5.74) is 2.27. The van der Waals surface area contributed by atoms with Crippen molar-refractivity contribution in [3.8, 4) is 0 Å². The minimum atomic E-state index is -0.0271. The summed E-state index contributed by atoms with van der Waals surface area (Å²) in [5.74, 6) is -0.0271. The highest BCUT2D eigenvalue weighted by Crippen LogP contribution is 2.28. The summed E-state index contributed by atoms with van der Waals surface area (Å²) in [7, 11) is 1.62. The molecule has 0 aliphatic rings. The summed E-state index contributed by atoms with van der Waals surface area (Å²) in [6, 6.07) is 8.08. The molecule has 0 atom stereocenters. The van der Waals surface area contributed by atoms with Crippen molar-refractivity contribution in [2.75, 3.05) is 32.1 Å². The van der Waals surface area contributed by atoms with E-state index in [2.05, 4.69) is 37.5 Å². The first-order valence-corrected chi connectivity index (χ1v) is 6.54. The highest BCUT2D eigenvalue weighted by Gasteiger charge is 2.17. The topological polar surface area (TPSA) is 50.4 Å². The van der Waals surface area contributed by atoms with E-state index >= 15 is 0 Å². The van der Waals surface area contributed by atoms with Gasteiger partial charge in [-0.1, -0.05) is 39.0 Å². The molecule has 0 heterocycles. The third kappa shape index (κ3) is 5.30. The molecule has 4 heteroatoms. The van der Waals surface area contributed by atoms with Crippen LogP contribution in [0.1, 0.15) is 26.3 Å². The number of nitrogens with one attached hydrogen (secondary N) is 2. The molecule has 1 amide bonds. The number of para-hydroxylation sites is 1. The van der Waals surface area contributed by atoms with Crippen molar-refractivity contribution in [1.29, 1.82) is 0 Å². The van der Waals surface area contributed by atoms with Gasteiger partial charge in [0, 0.05) is 19.3 Å². The number of carbonyl (C=O) groups is 1. The Labute approximate surface area is 115 Å². The lowest BCUT2D eigenvalue weighted by atomic mass is 9.86. The van der Waals surface area contributed by atoms with E-state index < -0.39 is 0 Å². The molecule has 1 aromatic rings. The van der Waals surface area contributed by atoms with E-state index in [1.54, 1.807) is 7.11 Å². The fourth-order valence-electron chi connectivity index (χ4n) is 1.82. The van der Waals surface area contributed by atoms with Crippen molar-refractivity contribution < 1.29 is 9.53 Å². The minimum absolute atomic E-state index is 0.0271. The lowest BCUT2D eigenvalue weighted by Gasteiger charge is -2.23. The first-order chi connectivity index (χ1) is 8.95. The maximum Gasteiger partial charge on any atom is 0.239 e. The van der Waals surface area contributed by atoms with Crippen LogP contribution in [0.2, 0.25) is 0 Å². The summed E-state index contributed by atoms with van der Waals surface area (Å²) in [6.07, 6.45) is 0. The molecule has 2 N–H and O–H groups in total. The Balaban J connectivity index is 2.56. The Morgan fingerprint density at radius 3 is 2.58 bits per heavy atom. The summed E-state index contributed by atoms with van der Waals surface area (Å²) < 4.78 is 4.88. The van der Waals surface area contributed by atoms with Crippen LogP contribution in [0.4, 0.5) is 5.69 Å². The number of benzene rings is 1. The highest BCUT2D eigenvalue weighted by atomic mass is 16.5. The molecule has 0 aliphatic heterocycles. The van der Waals surface area contributed by atoms with E-state index in [1.807, 2.05) is 18.2 Å². The molecule has 0 saturated carbocycles. The van der Waals surface area contributed by atoms with Gasteiger partial charge in [-0.05, 0) is 17.0 Å². The second-order valence-electron chi connectivity index (χ2n) is 5.49. The first-order valence-electron chi connectivity index (χ1n) is 6.54. The minimum Gasteiger partial charge on any atom is -0.383 e. The molecule has 19 heavy (non-hydrogen) atoms. The number of amides is 1. The van der Waals surface area contributed by atoms with Crippen molar-refractivity contribution in [2.45, 2.75) is 26.2 Å². The van der Waals surface area contributed by atoms with Gasteiger partial charge in [0.25, 0.3) is 0 Å². The van der Waals surface area contributed by atoms with Gasteiger partial charge in [-0.2, -0.15) is 0 Å². The second-order valence-corrected chi connectivity index (χ2v) is 5.49. The van der Waals surface area contributed by atoms with Gasteiger partial charge in [0.2, 0.25) is 5.91 Å². The molecule has 1 rings (SSSR count). The number of hydrogen-bond donors (Lipinski definition) is 2. The molecule has 1 aromatic carbocycles. The summed E-state index contributed by atoms with van der Waals surface area (Å²) in [4.78, 5) is 11.6. The van der Waals surface area contributed by atoms with Gasteiger partial charge >= 0.3 is 0 Å². The molecule has 0 aromatic heterocycles. The third-order valence-electron chi connectivity index (χ3n) is 2.80. The monoisotopic (exact) mass is 264 g/mol. The molecule has 4 nitrogen and oxygen atoms in total. The fraction of sp³-hybridized carbons (Fsp3) is 0.533. The SMILES string of the molecule is COCCNC(=O)CNc1ccccc1C(C)(C)C. The van der Waals surface area contributed by atoms with Gasteiger partial charge in [-0.3, -0.25) is 4.79 Å². The third-order valence-corrected chi connectivity index (χ3v) is 2.80. The Bertz CT molecular complexity index is 411. The van der Waals surface area contributed by atoms with Crippen molar-refractivity contribution >= 4 is 11.6 Å². The van der Waals surface area contributed by atoms with Crippen LogP contribution >= 0.6 is 0 Å². The van der Waals surface area contributed by atoms with Crippen LogP contribution in [0.25, 0.3) is 0 Å². The smallest absolute Gasteiger partial charge is 0.239 e. The molecular formula is C15H24N2O2. The Kier molecular flexibility index (Phi) is 5.83. The lowest BCUT2D eigenvalue weighted by molar-refractivity contribution is -0.119. The number of hydrogen-bond acceptors (Lipinski definition) is 3. The molecule has 0 spiro atoms. The van der Waals surface area contributed by atoms with Crippen molar-refractivity contribution in [3.05, 3.63) is 29.8 Å². The molecule has 0 fully saturated rings. The van der Waals surface area contributed by atoms with Crippen molar-refractivity contribution in [1.82, 2.24) is 5.32 Å². The average molecular weight is 264 g/mol. The van der Waals surface area contributed by atoms with Crippen LogP contribution in [0, 0.1) is 0 Å². The second kappa shape index (κ2) is 7.14. The molecular weight excluding hydrogens is 240 g/mol. The van der Waals surface area contributed by atoms with E-state index in [4.69, 9.17) is 4.74 Å². The van der Waals surface area contributed by atoms with Crippen LogP contribution in [0.5, 0.6) is 0 Å². The van der Waals surface area contributed by atoms with Gasteiger partial charge in [0.05, 0.1) is 13.2 Å². The van der Waals surface area contributed by atoms with E-state index in [1.165, 1.54) is 5.56 Å². The van der Waals surface area contributed by atoms with Crippen LogP contribution in [-0.4, -0.2) is 32.7 Å². The number of rotatable bonds is 6. The summed E-state index contributed by atoms with van der Waals surface area (Å²) in [5, 5.41) is 5.98. The lowest BCUT2D eigenvalue weighted by Crippen LogP contribution is -2.32. The predicted octanol–water partition coefficient (Wildman–Crippen LogP) is 2.16. The maximum absolute atomic E-state index is 11.6. The summed E-state index contributed by atoms with van der Waals surface area (Å²) >= 11 is 0. The molecule has 0 bridgehead atoms. The molecule has 0 unspecified atom stereocenters. The van der Waals surface area contributed by atoms with Crippen LogP contribution < -0.4 is 10.6 Å². The van der Waals surface area contributed by atoms with Gasteiger partial charge < -0.3 is 15.4 Å². The van der Waals surface area contributed by atoms with Crippen LogP contribution in [-0.2, 0) is 14.9 Å². The Morgan fingerprint density at radius 2 is 1.95 bits per heavy atom. The predicted molar refractivity (Wildman–Crippen MR) is 78.5 cm³/mol.